The van der Waals surface area contributed by atoms with Crippen molar-refractivity contribution in [1.82, 2.24) is 25.8 Å². The van der Waals surface area contributed by atoms with Gasteiger partial charge < -0.3 is 16.0 Å². The summed E-state index contributed by atoms with van der Waals surface area (Å²) in [4.78, 5) is 59.2. The van der Waals surface area contributed by atoms with E-state index in [1.165, 1.54) is 24.8 Å². The van der Waals surface area contributed by atoms with Gasteiger partial charge in [-0.1, -0.05) is 80.1 Å². The lowest BCUT2D eigenvalue weighted by molar-refractivity contribution is -0.145. The standard InChI is InChI=1S/C36H58N6O4/c1-7-35(5,6)26-15-20-42(28(26)32(45)41-27(21-24-11-12-24)29(43)31(37)44)33(46)30(34(2,3)4)39-23-40-36(16-9-8-10-17-36)22-25-13-18-38-19-14-25/h13-14,18-19,24,26-28,30,39-40H,7-12,15-17,20-23H2,1-6H3,(H2,37,44)(H,41,45)/t26-,27?,28-,30+/m0/s1. The van der Waals surface area contributed by atoms with Crippen molar-refractivity contribution in [2.45, 2.75) is 136 Å². The van der Waals surface area contributed by atoms with Crippen molar-refractivity contribution in [2.75, 3.05) is 13.2 Å². The van der Waals surface area contributed by atoms with E-state index in [-0.39, 0.29) is 28.7 Å². The molecule has 10 nitrogen and oxygen atoms in total. The van der Waals surface area contributed by atoms with Gasteiger partial charge in [-0.3, -0.25) is 34.8 Å². The van der Waals surface area contributed by atoms with Gasteiger partial charge >= 0.3 is 0 Å². The number of likely N-dealkylation sites (tertiary alicyclic amines) is 1. The number of ketones is 1. The lowest BCUT2D eigenvalue weighted by Crippen LogP contribution is -2.61. The Labute approximate surface area is 275 Å². The molecular weight excluding hydrogens is 580 g/mol. The van der Waals surface area contributed by atoms with E-state index >= 15 is 0 Å². The van der Waals surface area contributed by atoms with Crippen molar-refractivity contribution in [2.24, 2.45) is 28.4 Å². The summed E-state index contributed by atoms with van der Waals surface area (Å²) in [5.41, 5.74) is 5.91. The summed E-state index contributed by atoms with van der Waals surface area (Å²) in [5.74, 6) is -2.11. The molecule has 1 aromatic rings. The number of nitrogens with one attached hydrogen (secondary N) is 3. The van der Waals surface area contributed by atoms with E-state index in [4.69, 9.17) is 5.73 Å². The van der Waals surface area contributed by atoms with Crippen LogP contribution in [0.15, 0.2) is 24.5 Å². The minimum Gasteiger partial charge on any atom is -0.363 e. The molecule has 46 heavy (non-hydrogen) atoms. The van der Waals surface area contributed by atoms with Gasteiger partial charge in [0.25, 0.3) is 5.91 Å². The van der Waals surface area contributed by atoms with E-state index in [1.807, 2.05) is 33.2 Å². The number of nitrogens with zero attached hydrogens (tertiary/aromatic N) is 2. The Balaban J connectivity index is 1.54. The third kappa shape index (κ3) is 8.94. The highest BCUT2D eigenvalue weighted by molar-refractivity contribution is 6.37. The molecule has 3 aliphatic rings. The van der Waals surface area contributed by atoms with Crippen LogP contribution >= 0.6 is 0 Å². The number of aromatic nitrogens is 1. The summed E-state index contributed by atoms with van der Waals surface area (Å²) in [6.07, 6.45) is 14.1. The van der Waals surface area contributed by atoms with Crippen molar-refractivity contribution in [3.8, 4) is 0 Å². The first-order valence-corrected chi connectivity index (χ1v) is 17.5. The number of rotatable bonds is 15. The molecule has 5 N–H and O–H groups in total. The van der Waals surface area contributed by atoms with Crippen LogP contribution < -0.4 is 21.7 Å². The van der Waals surface area contributed by atoms with Crippen LogP contribution in [0.25, 0.3) is 0 Å². The third-order valence-corrected chi connectivity index (χ3v) is 11.0. The van der Waals surface area contributed by atoms with Crippen LogP contribution in [-0.4, -0.2) is 70.3 Å². The van der Waals surface area contributed by atoms with Crippen LogP contribution in [0.3, 0.4) is 0 Å². The number of carbonyl (C=O) groups is 4. The molecule has 1 unspecified atom stereocenters. The van der Waals surface area contributed by atoms with E-state index in [1.54, 1.807) is 4.90 Å². The van der Waals surface area contributed by atoms with Crippen LogP contribution in [0.4, 0.5) is 0 Å². The minimum atomic E-state index is -1.04. The second kappa shape index (κ2) is 14.9. The van der Waals surface area contributed by atoms with Gasteiger partial charge in [0.05, 0.1) is 12.1 Å². The highest BCUT2D eigenvalue weighted by Gasteiger charge is 2.50. The Morgan fingerprint density at radius 2 is 1.67 bits per heavy atom. The van der Waals surface area contributed by atoms with Crippen molar-refractivity contribution in [3.63, 3.8) is 0 Å². The molecule has 1 saturated heterocycles. The maximum atomic E-state index is 14.5. The van der Waals surface area contributed by atoms with E-state index in [2.05, 4.69) is 53.8 Å². The molecule has 4 rings (SSSR count). The Bertz CT molecular complexity index is 1220. The number of pyridine rings is 1. The molecule has 0 spiro atoms. The Morgan fingerprint density at radius 1 is 1.02 bits per heavy atom. The molecule has 4 atom stereocenters. The van der Waals surface area contributed by atoms with Gasteiger partial charge in [-0.05, 0) is 72.5 Å². The topological polar surface area (TPSA) is 147 Å². The molecule has 0 bridgehead atoms. The fourth-order valence-corrected chi connectivity index (χ4v) is 7.60. The van der Waals surface area contributed by atoms with Gasteiger partial charge in [-0.2, -0.15) is 0 Å². The molecule has 2 aliphatic carbocycles. The molecule has 2 saturated carbocycles. The van der Waals surface area contributed by atoms with Crippen molar-refractivity contribution in [3.05, 3.63) is 30.1 Å². The third-order valence-electron chi connectivity index (χ3n) is 11.0. The smallest absolute Gasteiger partial charge is 0.287 e. The quantitative estimate of drug-likeness (QED) is 0.169. The molecule has 3 fully saturated rings. The Hall–Kier alpha value is -2.85. The average molecular weight is 639 g/mol. The van der Waals surface area contributed by atoms with E-state index in [9.17, 15) is 19.2 Å². The number of hydrogen-bond acceptors (Lipinski definition) is 7. The molecule has 1 aliphatic heterocycles. The lowest BCUT2D eigenvalue weighted by atomic mass is 9.72. The summed E-state index contributed by atoms with van der Waals surface area (Å²) < 4.78 is 0. The normalized spacial score (nSPS) is 23.0. The monoisotopic (exact) mass is 638 g/mol. The summed E-state index contributed by atoms with van der Waals surface area (Å²) in [6, 6.07) is 1.89. The van der Waals surface area contributed by atoms with Crippen molar-refractivity contribution >= 4 is 23.5 Å². The molecular formula is C36H58N6O4. The van der Waals surface area contributed by atoms with Gasteiger partial charge in [0.1, 0.15) is 6.04 Å². The molecule has 0 aromatic carbocycles. The Kier molecular flexibility index (Phi) is 11.7. The second-order valence-corrected chi connectivity index (χ2v) is 15.9. The highest BCUT2D eigenvalue weighted by Crippen LogP contribution is 2.42. The number of amides is 3. The van der Waals surface area contributed by atoms with Crippen molar-refractivity contribution < 1.29 is 19.2 Å². The predicted molar refractivity (Wildman–Crippen MR) is 179 cm³/mol. The summed E-state index contributed by atoms with van der Waals surface area (Å²) in [6.45, 7) is 13.4. The molecule has 0 radical (unpaired) electrons. The lowest BCUT2D eigenvalue weighted by Gasteiger charge is -2.41. The van der Waals surface area contributed by atoms with Crippen LogP contribution in [0.1, 0.15) is 111 Å². The first kappa shape index (κ1) is 36.0. The fourth-order valence-electron chi connectivity index (χ4n) is 7.60. The second-order valence-electron chi connectivity index (χ2n) is 15.9. The number of primary amides is 1. The van der Waals surface area contributed by atoms with Crippen LogP contribution in [0.5, 0.6) is 0 Å². The summed E-state index contributed by atoms with van der Waals surface area (Å²) in [5, 5.41) is 10.3. The van der Waals surface area contributed by atoms with Gasteiger partial charge in [0, 0.05) is 31.1 Å². The average Bonchev–Trinajstić information content (AvgIpc) is 3.71. The number of hydrogen-bond donors (Lipinski definition) is 4. The van der Waals surface area contributed by atoms with Gasteiger partial charge in [-0.25, -0.2) is 0 Å². The SMILES string of the molecule is CCC(C)(C)[C@H]1CCN(C(=O)[C@@H](NCNC2(Cc3ccncc3)CCCCC2)C(C)(C)C)[C@@H]1C(=O)NC(CC1CC1)C(=O)C(N)=O. The summed E-state index contributed by atoms with van der Waals surface area (Å²) in [7, 11) is 0. The molecule has 1 aromatic heterocycles. The van der Waals surface area contributed by atoms with Gasteiger partial charge in [0.15, 0.2) is 0 Å². The van der Waals surface area contributed by atoms with Gasteiger partial charge in [0.2, 0.25) is 17.6 Å². The molecule has 3 amide bonds. The Morgan fingerprint density at radius 3 is 2.24 bits per heavy atom. The fraction of sp³-hybridized carbons (Fsp3) is 0.750. The summed E-state index contributed by atoms with van der Waals surface area (Å²) >= 11 is 0. The van der Waals surface area contributed by atoms with E-state index in [0.717, 1.165) is 38.5 Å². The largest absolute Gasteiger partial charge is 0.363 e. The minimum absolute atomic E-state index is 0.0616. The zero-order valence-corrected chi connectivity index (χ0v) is 29.0. The van der Waals surface area contributed by atoms with E-state index < -0.39 is 35.2 Å². The maximum absolute atomic E-state index is 14.5. The predicted octanol–water partition coefficient (Wildman–Crippen LogP) is 3.87. The number of nitrogens with two attached hydrogens (primary N) is 1. The maximum Gasteiger partial charge on any atom is 0.287 e. The molecule has 10 heteroatoms. The first-order valence-electron chi connectivity index (χ1n) is 17.5. The van der Waals surface area contributed by atoms with Crippen LogP contribution in [-0.2, 0) is 25.6 Å². The molecule has 2 heterocycles. The number of carbonyl (C=O) groups excluding carboxylic acids is 4. The zero-order chi connectivity index (χ0) is 33.7. The number of Topliss-reactive ketones (excluding diaryl/α,β-unsaturated/α-hetero) is 1. The van der Waals surface area contributed by atoms with Gasteiger partial charge in [-0.15, -0.1) is 0 Å². The van der Waals surface area contributed by atoms with Crippen molar-refractivity contribution in [1.29, 1.82) is 0 Å². The van der Waals surface area contributed by atoms with Crippen LogP contribution in [0, 0.1) is 22.7 Å². The first-order chi connectivity index (χ1) is 21.7. The zero-order valence-electron chi connectivity index (χ0n) is 29.0. The van der Waals surface area contributed by atoms with Crippen LogP contribution in [0.2, 0.25) is 0 Å². The highest BCUT2D eigenvalue weighted by atomic mass is 16.2. The molecule has 256 valence electrons. The van der Waals surface area contributed by atoms with E-state index in [0.29, 0.717) is 32.0 Å².